The normalized spacial score (nSPS) is 17.4. The number of nitrogens with zero attached hydrogens (tertiary/aromatic N) is 1. The number of hydrogen-bond donors (Lipinski definition) is 1. The van der Waals surface area contributed by atoms with Gasteiger partial charge in [-0.1, -0.05) is 18.9 Å². The molecule has 5 nitrogen and oxygen atoms in total. The molecule has 1 N–H and O–H groups in total. The molecule has 0 saturated heterocycles. The number of nitro benzene ring substituents is 1. The summed E-state index contributed by atoms with van der Waals surface area (Å²) in [4.78, 5) is 10.7. The number of ether oxygens (including phenoxy) is 1. The number of hydrogen-bond acceptors (Lipinski definition) is 4. The van der Waals surface area contributed by atoms with Crippen LogP contribution in [0.4, 0.5) is 5.69 Å². The molecule has 1 fully saturated rings. The van der Waals surface area contributed by atoms with E-state index >= 15 is 0 Å². The van der Waals surface area contributed by atoms with Crippen LogP contribution >= 0.6 is 0 Å². The molecule has 1 aromatic rings. The first kappa shape index (κ1) is 13.8. The molecule has 104 valence electrons. The van der Waals surface area contributed by atoms with Gasteiger partial charge in [-0.25, -0.2) is 0 Å². The zero-order valence-corrected chi connectivity index (χ0v) is 11.4. The van der Waals surface area contributed by atoms with Gasteiger partial charge in [-0.3, -0.25) is 10.1 Å². The van der Waals surface area contributed by atoms with Crippen LogP contribution in [0.3, 0.4) is 0 Å². The smallest absolute Gasteiger partial charge is 0.311 e. The zero-order chi connectivity index (χ0) is 13.9. The van der Waals surface area contributed by atoms with Crippen LogP contribution in [0.1, 0.15) is 31.2 Å². The Kier molecular flexibility index (Phi) is 4.04. The van der Waals surface area contributed by atoms with Crippen molar-refractivity contribution in [1.29, 1.82) is 0 Å². The third kappa shape index (κ3) is 2.56. The van der Waals surface area contributed by atoms with E-state index in [-0.39, 0.29) is 16.0 Å². The highest BCUT2D eigenvalue weighted by Gasteiger charge is 2.36. The summed E-state index contributed by atoms with van der Waals surface area (Å²) in [5, 5.41) is 14.3. The Hall–Kier alpha value is -1.62. The molecule has 0 radical (unpaired) electrons. The van der Waals surface area contributed by atoms with Crippen molar-refractivity contribution in [2.24, 2.45) is 0 Å². The maximum Gasteiger partial charge on any atom is 0.311 e. The first-order valence-electron chi connectivity index (χ1n) is 6.60. The maximum atomic E-state index is 11.1. The third-order valence-corrected chi connectivity index (χ3v) is 4.06. The second-order valence-electron chi connectivity index (χ2n) is 5.16. The molecule has 1 aliphatic rings. The maximum absolute atomic E-state index is 11.1. The fourth-order valence-corrected chi connectivity index (χ4v) is 3.12. The molecule has 0 heterocycles. The predicted molar refractivity (Wildman–Crippen MR) is 73.7 cm³/mol. The van der Waals surface area contributed by atoms with Gasteiger partial charge in [0, 0.05) is 18.0 Å². The van der Waals surface area contributed by atoms with Crippen LogP contribution in [0.5, 0.6) is 5.75 Å². The van der Waals surface area contributed by atoms with Crippen LogP contribution in [-0.2, 0) is 5.41 Å². The van der Waals surface area contributed by atoms with Crippen molar-refractivity contribution in [3.05, 3.63) is 33.9 Å². The van der Waals surface area contributed by atoms with Gasteiger partial charge in [0.05, 0.1) is 12.0 Å². The molecule has 0 atom stereocenters. The zero-order valence-electron chi connectivity index (χ0n) is 11.4. The lowest BCUT2D eigenvalue weighted by Gasteiger charge is -2.29. The van der Waals surface area contributed by atoms with Gasteiger partial charge >= 0.3 is 5.69 Å². The molecular weight excluding hydrogens is 244 g/mol. The van der Waals surface area contributed by atoms with E-state index in [0.717, 1.165) is 24.9 Å². The molecule has 1 aromatic carbocycles. The molecule has 1 aliphatic carbocycles. The van der Waals surface area contributed by atoms with Gasteiger partial charge < -0.3 is 10.1 Å². The van der Waals surface area contributed by atoms with Crippen molar-refractivity contribution in [3.63, 3.8) is 0 Å². The first-order valence-corrected chi connectivity index (χ1v) is 6.60. The van der Waals surface area contributed by atoms with Crippen molar-refractivity contribution in [2.75, 3.05) is 20.7 Å². The highest BCUT2D eigenvalue weighted by atomic mass is 16.6. The van der Waals surface area contributed by atoms with Crippen LogP contribution in [-0.4, -0.2) is 25.6 Å². The van der Waals surface area contributed by atoms with Crippen LogP contribution < -0.4 is 10.1 Å². The lowest BCUT2D eigenvalue weighted by atomic mass is 9.78. The Labute approximate surface area is 113 Å². The Balaban J connectivity index is 2.43. The number of benzene rings is 1. The van der Waals surface area contributed by atoms with E-state index in [4.69, 9.17) is 4.74 Å². The Morgan fingerprint density at radius 2 is 2.11 bits per heavy atom. The molecular formula is C14H20N2O3. The van der Waals surface area contributed by atoms with E-state index in [0.29, 0.717) is 5.75 Å². The van der Waals surface area contributed by atoms with E-state index in [1.165, 1.54) is 20.0 Å². The lowest BCUT2D eigenvalue weighted by molar-refractivity contribution is -0.385. The number of methoxy groups -OCH3 is 1. The number of nitrogens with one attached hydrogen (secondary N) is 1. The fourth-order valence-electron chi connectivity index (χ4n) is 3.12. The minimum Gasteiger partial charge on any atom is -0.490 e. The first-order chi connectivity index (χ1) is 9.13. The molecule has 0 unspecified atom stereocenters. The number of rotatable bonds is 5. The summed E-state index contributed by atoms with van der Waals surface area (Å²) in [5.74, 6) is 0.325. The van der Waals surface area contributed by atoms with E-state index < -0.39 is 0 Å². The van der Waals surface area contributed by atoms with Crippen molar-refractivity contribution < 1.29 is 9.66 Å². The summed E-state index contributed by atoms with van der Waals surface area (Å²) in [7, 11) is 3.39. The van der Waals surface area contributed by atoms with Gasteiger partial charge in [-0.15, -0.1) is 0 Å². The summed E-state index contributed by atoms with van der Waals surface area (Å²) >= 11 is 0. The standard InChI is InChI=1S/C14H20N2O3/c1-15-10-14(7-3-4-8-14)11-5-6-13(19-2)12(9-11)16(17)18/h5-6,9,15H,3-4,7-8,10H2,1-2H3. The lowest BCUT2D eigenvalue weighted by Crippen LogP contribution is -2.34. The molecule has 5 heteroatoms. The highest BCUT2D eigenvalue weighted by Crippen LogP contribution is 2.43. The van der Waals surface area contributed by atoms with E-state index in [2.05, 4.69) is 5.32 Å². The van der Waals surface area contributed by atoms with Gasteiger partial charge in [0.25, 0.3) is 0 Å². The van der Waals surface area contributed by atoms with Gasteiger partial charge in [0.15, 0.2) is 5.75 Å². The molecule has 0 amide bonds. The van der Waals surface area contributed by atoms with E-state index in [1.54, 1.807) is 12.1 Å². The monoisotopic (exact) mass is 264 g/mol. The quantitative estimate of drug-likeness (QED) is 0.656. The Bertz CT molecular complexity index is 468. The number of nitro groups is 1. The van der Waals surface area contributed by atoms with E-state index in [9.17, 15) is 10.1 Å². The molecule has 1 saturated carbocycles. The van der Waals surface area contributed by atoms with E-state index in [1.807, 2.05) is 13.1 Å². The van der Waals surface area contributed by atoms with Gasteiger partial charge in [0.2, 0.25) is 0 Å². The molecule has 19 heavy (non-hydrogen) atoms. The molecule has 2 rings (SSSR count). The summed E-state index contributed by atoms with van der Waals surface area (Å²) < 4.78 is 5.06. The van der Waals surface area contributed by atoms with Crippen LogP contribution in [0.25, 0.3) is 0 Å². The molecule has 0 spiro atoms. The second-order valence-corrected chi connectivity index (χ2v) is 5.16. The molecule has 0 bridgehead atoms. The topological polar surface area (TPSA) is 64.4 Å². The average Bonchev–Trinajstić information content (AvgIpc) is 2.88. The highest BCUT2D eigenvalue weighted by molar-refractivity contribution is 5.50. The Morgan fingerprint density at radius 1 is 1.42 bits per heavy atom. The molecule has 0 aromatic heterocycles. The second kappa shape index (κ2) is 5.57. The number of likely N-dealkylation sites (N-methyl/N-ethyl adjacent to an activating group) is 1. The van der Waals surface area contributed by atoms with Crippen molar-refractivity contribution in [2.45, 2.75) is 31.1 Å². The largest absolute Gasteiger partial charge is 0.490 e. The van der Waals surface area contributed by atoms with Crippen molar-refractivity contribution >= 4 is 5.69 Å². The minimum absolute atomic E-state index is 0.0335. The van der Waals surface area contributed by atoms with Crippen LogP contribution in [0.15, 0.2) is 18.2 Å². The van der Waals surface area contributed by atoms with Crippen molar-refractivity contribution in [1.82, 2.24) is 5.32 Å². The van der Waals surface area contributed by atoms with Crippen molar-refractivity contribution in [3.8, 4) is 5.75 Å². The summed E-state index contributed by atoms with van der Waals surface area (Å²) in [5.41, 5.74) is 1.14. The van der Waals surface area contributed by atoms with Gasteiger partial charge in [-0.2, -0.15) is 0 Å². The summed E-state index contributed by atoms with van der Waals surface area (Å²) in [6.45, 7) is 0.858. The SMILES string of the molecule is CNCC1(c2ccc(OC)c([N+](=O)[O-])c2)CCCC1. The summed E-state index contributed by atoms with van der Waals surface area (Å²) in [6, 6.07) is 5.36. The Morgan fingerprint density at radius 3 is 2.63 bits per heavy atom. The third-order valence-electron chi connectivity index (χ3n) is 4.06. The van der Waals surface area contributed by atoms with Crippen LogP contribution in [0.2, 0.25) is 0 Å². The average molecular weight is 264 g/mol. The van der Waals surface area contributed by atoms with Gasteiger partial charge in [-0.05, 0) is 31.5 Å². The van der Waals surface area contributed by atoms with Crippen LogP contribution in [0, 0.1) is 10.1 Å². The fraction of sp³-hybridized carbons (Fsp3) is 0.571. The minimum atomic E-state index is -0.371. The van der Waals surface area contributed by atoms with Gasteiger partial charge in [0.1, 0.15) is 0 Å². The predicted octanol–water partition coefficient (Wildman–Crippen LogP) is 2.63. The summed E-state index contributed by atoms with van der Waals surface area (Å²) in [6.07, 6.45) is 4.53. The molecule has 0 aliphatic heterocycles.